The van der Waals surface area contributed by atoms with Gasteiger partial charge in [0.15, 0.2) is 0 Å². The molecule has 2 saturated carbocycles. The van der Waals surface area contributed by atoms with Crippen LogP contribution in [0.2, 0.25) is 13.1 Å². The normalized spacial score (nSPS) is 21.0. The van der Waals surface area contributed by atoms with Gasteiger partial charge in [-0.15, -0.1) is 0 Å². The van der Waals surface area contributed by atoms with Crippen molar-refractivity contribution in [1.29, 1.82) is 0 Å². The van der Waals surface area contributed by atoms with Crippen molar-refractivity contribution in [1.82, 2.24) is 0 Å². The van der Waals surface area contributed by atoms with Crippen LogP contribution in [-0.2, 0) is 40.3 Å². The summed E-state index contributed by atoms with van der Waals surface area (Å²) in [7, 11) is 17.4. The van der Waals surface area contributed by atoms with Crippen LogP contribution in [0.4, 0.5) is 52.7 Å². The molecule has 4 aromatic rings. The first-order valence-corrected chi connectivity index (χ1v) is 38.0. The van der Waals surface area contributed by atoms with E-state index in [2.05, 4.69) is 13.1 Å². The SMILES string of the molecule is C[SiH](C)[Zr]([Cl])([Cl])([CH]1C(C2CCCCC2)=Cc2c(-c3cc(C(F)(F)F)cc(C(F)(F)F)c3)cccc21)[CH]1C(C2CCCCC2)=Cc2c(-c3cc(C(F)(F)F)cc(C(F)(F)F)c3)cccc21. The molecule has 4 aliphatic carbocycles. The Morgan fingerprint density at radius 3 is 1.06 bits per heavy atom. The molecule has 2 atom stereocenters. The van der Waals surface area contributed by atoms with Crippen LogP contribution in [0.15, 0.2) is 83.9 Å². The fourth-order valence-electron chi connectivity index (χ4n) is 11.2. The molecule has 0 N–H and O–H groups in total. The van der Waals surface area contributed by atoms with Crippen LogP contribution in [0.3, 0.4) is 0 Å². The van der Waals surface area contributed by atoms with Gasteiger partial charge in [-0.05, 0) is 0 Å². The predicted molar refractivity (Wildman–Crippen MR) is 229 cm³/mol. The molecular weight excluding hydrogens is 995 g/mol. The van der Waals surface area contributed by atoms with Crippen LogP contribution >= 0.6 is 17.0 Å². The standard InChI is InChI=1S/2C23H19F6.C2H7Si.2ClH.Zr/c2*24-22(25,26)18-10-17(11-19(13-18)23(27,28)29)20-8-4-7-15-9-16(12-21(15)20)14-5-2-1-3-6-14;1-3-2;;;/h2*4,7-14H,1-3,5-6H2;3H,1-2H3;2*1H;/q;;;;;+2/p-2. The Balaban J connectivity index is 1.39. The molecule has 0 aromatic heterocycles. The molecule has 16 heteroatoms. The number of hydrogen-bond acceptors (Lipinski definition) is 0. The van der Waals surface area contributed by atoms with E-state index in [1.165, 1.54) is 12.1 Å². The Morgan fingerprint density at radius 1 is 0.469 bits per heavy atom. The van der Waals surface area contributed by atoms with E-state index in [0.717, 1.165) is 99.6 Å². The number of hydrogen-bond donors (Lipinski definition) is 0. The van der Waals surface area contributed by atoms with E-state index in [1.54, 1.807) is 12.1 Å². The molecule has 0 nitrogen and oxygen atoms in total. The summed E-state index contributed by atoms with van der Waals surface area (Å²) >= 11 is -5.86. The van der Waals surface area contributed by atoms with Crippen molar-refractivity contribution in [2.45, 2.75) is 109 Å². The van der Waals surface area contributed by atoms with Gasteiger partial charge in [0.1, 0.15) is 0 Å². The van der Waals surface area contributed by atoms with Crippen LogP contribution in [0.1, 0.15) is 116 Å². The van der Waals surface area contributed by atoms with Crippen molar-refractivity contribution < 1.29 is 68.2 Å². The molecule has 4 aromatic carbocycles. The second kappa shape index (κ2) is 16.8. The number of halogens is 14. The summed E-state index contributed by atoms with van der Waals surface area (Å²) in [4.78, 5) is 0. The minimum atomic E-state index is -5.86. The van der Waals surface area contributed by atoms with Crippen molar-refractivity contribution in [3.63, 3.8) is 0 Å². The molecule has 64 heavy (non-hydrogen) atoms. The topological polar surface area (TPSA) is 0 Å². The maximum absolute atomic E-state index is 14.2. The zero-order chi connectivity index (χ0) is 46.4. The van der Waals surface area contributed by atoms with Crippen molar-refractivity contribution in [2.75, 3.05) is 0 Å². The summed E-state index contributed by atoms with van der Waals surface area (Å²) in [6.45, 7) is 4.13. The molecule has 0 aliphatic heterocycles. The van der Waals surface area contributed by atoms with E-state index >= 15 is 0 Å². The first-order chi connectivity index (χ1) is 29.8. The predicted octanol–water partition coefficient (Wildman–Crippen LogP) is 17.8. The van der Waals surface area contributed by atoms with E-state index in [9.17, 15) is 52.7 Å². The van der Waals surface area contributed by atoms with Gasteiger partial charge in [0.2, 0.25) is 0 Å². The maximum atomic E-state index is 14.2. The molecule has 4 aliphatic rings. The van der Waals surface area contributed by atoms with Crippen LogP contribution < -0.4 is 0 Å². The van der Waals surface area contributed by atoms with Gasteiger partial charge < -0.3 is 0 Å². The van der Waals surface area contributed by atoms with Crippen LogP contribution in [0.25, 0.3) is 34.4 Å². The number of benzene rings is 4. The van der Waals surface area contributed by atoms with E-state index in [-0.39, 0.29) is 46.2 Å². The first kappa shape index (κ1) is 47.7. The molecule has 343 valence electrons. The average Bonchev–Trinajstić information content (AvgIpc) is 3.84. The van der Waals surface area contributed by atoms with E-state index in [0.29, 0.717) is 22.3 Å². The summed E-state index contributed by atoms with van der Waals surface area (Å²) in [5.74, 6) is -2.47. The van der Waals surface area contributed by atoms with Crippen molar-refractivity contribution >= 4 is 35.1 Å². The zero-order valence-electron chi connectivity index (χ0n) is 34.8. The van der Waals surface area contributed by atoms with Crippen molar-refractivity contribution in [3.8, 4) is 22.3 Å². The molecule has 0 saturated heterocycles. The molecule has 2 fully saturated rings. The molecule has 8 rings (SSSR count). The number of alkyl halides is 12. The third-order valence-corrected chi connectivity index (χ3v) is 66.0. The summed E-state index contributed by atoms with van der Waals surface area (Å²) in [6.07, 6.45) is -7.95. The number of rotatable bonds is 7. The zero-order valence-corrected chi connectivity index (χ0v) is 40.0. The second-order valence-electron chi connectivity index (χ2n) is 18.4. The Hall–Kier alpha value is -2.80. The van der Waals surface area contributed by atoms with Crippen molar-refractivity contribution in [2.24, 2.45) is 11.8 Å². The first-order valence-electron chi connectivity index (χ1n) is 21.6. The third-order valence-electron chi connectivity index (χ3n) is 14.3. The van der Waals surface area contributed by atoms with Gasteiger partial charge in [0.05, 0.1) is 0 Å². The summed E-state index contributed by atoms with van der Waals surface area (Å²) in [6, 6.07) is 13.0. The van der Waals surface area contributed by atoms with Gasteiger partial charge in [0.25, 0.3) is 0 Å². The summed E-state index contributed by atoms with van der Waals surface area (Å²) < 4.78 is 170. The summed E-state index contributed by atoms with van der Waals surface area (Å²) in [5.41, 5.74) is -2.00. The molecule has 0 spiro atoms. The van der Waals surface area contributed by atoms with Gasteiger partial charge >= 0.3 is 375 Å². The van der Waals surface area contributed by atoms with Crippen LogP contribution in [0, 0.1) is 11.8 Å². The van der Waals surface area contributed by atoms with Gasteiger partial charge in [-0.2, -0.15) is 0 Å². The average molecular weight is 1040 g/mol. The third kappa shape index (κ3) is 8.54. The van der Waals surface area contributed by atoms with Crippen molar-refractivity contribution in [3.05, 3.63) is 128 Å². The Kier molecular flexibility index (Phi) is 12.5. The van der Waals surface area contributed by atoms with Gasteiger partial charge in [-0.25, -0.2) is 0 Å². The fraction of sp³-hybridized carbons (Fsp3) is 0.417. The molecule has 2 unspecified atom stereocenters. The number of allylic oxidation sites excluding steroid dienone is 2. The van der Waals surface area contributed by atoms with Gasteiger partial charge in [0, 0.05) is 0 Å². The monoisotopic (exact) mass is 1040 g/mol. The molecule has 0 bridgehead atoms. The quantitative estimate of drug-likeness (QED) is 0.128. The Bertz CT molecular complexity index is 2290. The molecular formula is C48H45Cl2F12SiZr. The fourth-order valence-corrected chi connectivity index (χ4v) is 42.2. The minimum absolute atomic E-state index is 0.0513. The Labute approximate surface area is 372 Å². The molecule has 0 amide bonds. The van der Waals surface area contributed by atoms with Gasteiger partial charge in [-0.1, -0.05) is 0 Å². The molecule has 0 radical (unpaired) electrons. The summed E-state index contributed by atoms with van der Waals surface area (Å²) in [5, 5.41) is 0. The van der Waals surface area contributed by atoms with E-state index < -0.39 is 75.7 Å². The van der Waals surface area contributed by atoms with E-state index in [1.807, 2.05) is 24.3 Å². The van der Waals surface area contributed by atoms with E-state index in [4.69, 9.17) is 17.0 Å². The van der Waals surface area contributed by atoms with Crippen LogP contribution in [-0.4, -0.2) is 5.92 Å². The van der Waals surface area contributed by atoms with Gasteiger partial charge in [-0.3, -0.25) is 0 Å². The van der Waals surface area contributed by atoms with Crippen LogP contribution in [0.5, 0.6) is 0 Å². The Morgan fingerprint density at radius 2 is 0.781 bits per heavy atom. The number of fused-ring (bicyclic) bond motifs is 2. The second-order valence-corrected chi connectivity index (χ2v) is 60.9. The molecule has 0 heterocycles.